The molecule has 0 aliphatic carbocycles. The summed E-state index contributed by atoms with van der Waals surface area (Å²) in [5.74, 6) is 1.61. The summed E-state index contributed by atoms with van der Waals surface area (Å²) >= 11 is 1.64. The Kier molecular flexibility index (Phi) is 3.25. The SMILES string of the molecule is COc1ccc(-c2ccnc(-c3cccs3)n2)cc1. The molecule has 3 nitrogen and oxygen atoms in total. The molecule has 0 saturated heterocycles. The van der Waals surface area contributed by atoms with Crippen LogP contribution < -0.4 is 4.74 Å². The van der Waals surface area contributed by atoms with Gasteiger partial charge in [0.05, 0.1) is 17.7 Å². The van der Waals surface area contributed by atoms with Gasteiger partial charge >= 0.3 is 0 Å². The highest BCUT2D eigenvalue weighted by atomic mass is 32.1. The van der Waals surface area contributed by atoms with Crippen LogP contribution in [0.15, 0.2) is 54.0 Å². The number of thiophene rings is 1. The second-order valence-corrected chi connectivity index (χ2v) is 4.92. The van der Waals surface area contributed by atoms with Gasteiger partial charge in [-0.25, -0.2) is 9.97 Å². The van der Waals surface area contributed by atoms with Gasteiger partial charge < -0.3 is 4.74 Å². The average molecular weight is 268 g/mol. The van der Waals surface area contributed by atoms with Crippen LogP contribution in [0, 0.1) is 0 Å². The third kappa shape index (κ3) is 2.48. The van der Waals surface area contributed by atoms with Crippen LogP contribution in [0.1, 0.15) is 0 Å². The first-order valence-corrected chi connectivity index (χ1v) is 6.76. The molecule has 0 spiro atoms. The zero-order chi connectivity index (χ0) is 13.1. The van der Waals surface area contributed by atoms with Crippen LogP contribution in [0.25, 0.3) is 22.0 Å². The third-order valence-corrected chi connectivity index (χ3v) is 3.65. The molecule has 0 saturated carbocycles. The molecule has 0 bridgehead atoms. The molecule has 19 heavy (non-hydrogen) atoms. The van der Waals surface area contributed by atoms with Crippen molar-refractivity contribution >= 4 is 11.3 Å². The van der Waals surface area contributed by atoms with Crippen LogP contribution in [0.3, 0.4) is 0 Å². The Bertz CT molecular complexity index is 663. The first-order chi connectivity index (χ1) is 9.36. The number of benzene rings is 1. The molecule has 3 aromatic rings. The van der Waals surface area contributed by atoms with E-state index in [9.17, 15) is 0 Å². The average Bonchev–Trinajstić information content (AvgIpc) is 3.02. The summed E-state index contributed by atoms with van der Waals surface area (Å²) in [6, 6.07) is 13.8. The summed E-state index contributed by atoms with van der Waals surface area (Å²) in [6.45, 7) is 0. The number of methoxy groups -OCH3 is 1. The van der Waals surface area contributed by atoms with Gasteiger partial charge in [0.15, 0.2) is 5.82 Å². The fourth-order valence-electron chi connectivity index (χ4n) is 1.81. The molecule has 0 fully saturated rings. The van der Waals surface area contributed by atoms with Gasteiger partial charge in [0.1, 0.15) is 5.75 Å². The van der Waals surface area contributed by atoms with Crippen molar-refractivity contribution < 1.29 is 4.74 Å². The van der Waals surface area contributed by atoms with Crippen LogP contribution in [-0.4, -0.2) is 17.1 Å². The fraction of sp³-hybridized carbons (Fsp3) is 0.0667. The van der Waals surface area contributed by atoms with Crippen molar-refractivity contribution in [3.63, 3.8) is 0 Å². The highest BCUT2D eigenvalue weighted by molar-refractivity contribution is 7.13. The summed E-state index contributed by atoms with van der Waals surface area (Å²) < 4.78 is 5.16. The molecule has 4 heteroatoms. The van der Waals surface area contributed by atoms with Gasteiger partial charge in [-0.1, -0.05) is 6.07 Å². The Morgan fingerprint density at radius 1 is 1.05 bits per heavy atom. The Morgan fingerprint density at radius 3 is 2.58 bits per heavy atom. The smallest absolute Gasteiger partial charge is 0.169 e. The number of hydrogen-bond acceptors (Lipinski definition) is 4. The molecule has 0 N–H and O–H groups in total. The van der Waals surface area contributed by atoms with Crippen molar-refractivity contribution in [3.05, 3.63) is 54.0 Å². The summed E-state index contributed by atoms with van der Waals surface area (Å²) in [4.78, 5) is 9.99. The van der Waals surface area contributed by atoms with Gasteiger partial charge in [-0.05, 0) is 41.8 Å². The van der Waals surface area contributed by atoms with E-state index in [0.29, 0.717) is 0 Å². The maximum Gasteiger partial charge on any atom is 0.169 e. The zero-order valence-corrected chi connectivity index (χ0v) is 11.2. The van der Waals surface area contributed by atoms with Crippen LogP contribution in [0.2, 0.25) is 0 Å². The van der Waals surface area contributed by atoms with E-state index >= 15 is 0 Å². The van der Waals surface area contributed by atoms with E-state index < -0.39 is 0 Å². The highest BCUT2D eigenvalue weighted by Gasteiger charge is 2.05. The lowest BCUT2D eigenvalue weighted by atomic mass is 10.1. The van der Waals surface area contributed by atoms with Crippen molar-refractivity contribution in [2.24, 2.45) is 0 Å². The maximum atomic E-state index is 5.16. The van der Waals surface area contributed by atoms with Crippen molar-refractivity contribution in [2.45, 2.75) is 0 Å². The van der Waals surface area contributed by atoms with E-state index in [1.54, 1.807) is 24.6 Å². The van der Waals surface area contributed by atoms with E-state index in [-0.39, 0.29) is 0 Å². The van der Waals surface area contributed by atoms with E-state index in [1.165, 1.54) is 0 Å². The maximum absolute atomic E-state index is 5.16. The molecule has 0 amide bonds. The second kappa shape index (κ2) is 5.20. The highest BCUT2D eigenvalue weighted by Crippen LogP contribution is 2.25. The largest absolute Gasteiger partial charge is 0.497 e. The lowest BCUT2D eigenvalue weighted by Crippen LogP contribution is -1.90. The minimum Gasteiger partial charge on any atom is -0.497 e. The van der Waals surface area contributed by atoms with Crippen molar-refractivity contribution in [1.29, 1.82) is 0 Å². The first kappa shape index (κ1) is 11.9. The van der Waals surface area contributed by atoms with E-state index in [2.05, 4.69) is 9.97 Å². The Morgan fingerprint density at radius 2 is 1.89 bits per heavy atom. The van der Waals surface area contributed by atoms with Gasteiger partial charge in [0.25, 0.3) is 0 Å². The van der Waals surface area contributed by atoms with Gasteiger partial charge in [0.2, 0.25) is 0 Å². The number of nitrogens with zero attached hydrogens (tertiary/aromatic N) is 2. The van der Waals surface area contributed by atoms with Crippen LogP contribution >= 0.6 is 11.3 Å². The van der Waals surface area contributed by atoms with Crippen LogP contribution in [0.4, 0.5) is 0 Å². The molecule has 0 aliphatic heterocycles. The molecule has 0 unspecified atom stereocenters. The molecule has 3 rings (SSSR count). The first-order valence-electron chi connectivity index (χ1n) is 5.88. The minimum atomic E-state index is 0.767. The summed E-state index contributed by atoms with van der Waals surface area (Å²) in [5, 5.41) is 2.03. The summed E-state index contributed by atoms with van der Waals surface area (Å²) in [6.07, 6.45) is 1.79. The number of rotatable bonds is 3. The van der Waals surface area contributed by atoms with E-state index in [4.69, 9.17) is 4.74 Å². The molecule has 2 heterocycles. The zero-order valence-electron chi connectivity index (χ0n) is 10.4. The van der Waals surface area contributed by atoms with Gasteiger partial charge in [-0.3, -0.25) is 0 Å². The lowest BCUT2D eigenvalue weighted by Gasteiger charge is -2.04. The number of ether oxygens (including phenoxy) is 1. The predicted molar refractivity (Wildman–Crippen MR) is 77.3 cm³/mol. The minimum absolute atomic E-state index is 0.767. The summed E-state index contributed by atoms with van der Waals surface area (Å²) in [7, 11) is 1.66. The van der Waals surface area contributed by atoms with E-state index in [0.717, 1.165) is 27.7 Å². The number of aromatic nitrogens is 2. The van der Waals surface area contributed by atoms with E-state index in [1.807, 2.05) is 47.8 Å². The van der Waals surface area contributed by atoms with Crippen molar-refractivity contribution in [3.8, 4) is 27.7 Å². The predicted octanol–water partition coefficient (Wildman–Crippen LogP) is 3.88. The van der Waals surface area contributed by atoms with Gasteiger partial charge in [-0.2, -0.15) is 0 Å². The van der Waals surface area contributed by atoms with Crippen molar-refractivity contribution in [1.82, 2.24) is 9.97 Å². The molecular weight excluding hydrogens is 256 g/mol. The van der Waals surface area contributed by atoms with Gasteiger partial charge in [0, 0.05) is 11.8 Å². The van der Waals surface area contributed by atoms with Crippen LogP contribution in [0.5, 0.6) is 5.75 Å². The molecule has 0 aliphatic rings. The lowest BCUT2D eigenvalue weighted by molar-refractivity contribution is 0.415. The molecule has 1 aromatic carbocycles. The quantitative estimate of drug-likeness (QED) is 0.723. The second-order valence-electron chi connectivity index (χ2n) is 3.97. The standard InChI is InChI=1S/C15H12N2OS/c1-18-12-6-4-11(5-7-12)13-8-9-16-15(17-13)14-3-2-10-19-14/h2-10H,1H3. The molecule has 94 valence electrons. The molecule has 0 atom stereocenters. The molecular formula is C15H12N2OS. The van der Waals surface area contributed by atoms with Gasteiger partial charge in [-0.15, -0.1) is 11.3 Å². The Balaban J connectivity index is 1.98. The molecule has 2 aromatic heterocycles. The monoisotopic (exact) mass is 268 g/mol. The van der Waals surface area contributed by atoms with Crippen LogP contribution in [-0.2, 0) is 0 Å². The van der Waals surface area contributed by atoms with Crippen molar-refractivity contribution in [2.75, 3.05) is 7.11 Å². The number of hydrogen-bond donors (Lipinski definition) is 0. The Labute approximate surface area is 115 Å². The third-order valence-electron chi connectivity index (χ3n) is 2.78. The topological polar surface area (TPSA) is 35.0 Å². The summed E-state index contributed by atoms with van der Waals surface area (Å²) in [5.41, 5.74) is 1.97. The Hall–Kier alpha value is -2.20. The molecule has 0 radical (unpaired) electrons. The fourth-order valence-corrected chi connectivity index (χ4v) is 2.47. The normalized spacial score (nSPS) is 10.4.